The van der Waals surface area contributed by atoms with Crippen molar-refractivity contribution in [2.24, 2.45) is 0 Å². The van der Waals surface area contributed by atoms with Gasteiger partial charge in [0.05, 0.1) is 6.26 Å². The molecule has 0 N–H and O–H groups in total. The normalized spacial score (nSPS) is 18.6. The summed E-state index contributed by atoms with van der Waals surface area (Å²) in [7, 11) is -6.19. The summed E-state index contributed by atoms with van der Waals surface area (Å²) in [5, 5.41) is -0.177. The molecule has 1 amide bonds. The standard InChI is InChI=1S/C14H29NO6SSi/c1-14(2,3)23(5,6)21-13(20-22(4,17)18)19-12(16)15-10-8-7-9-11-15/h13H,7-11H2,1-6H3. The highest BCUT2D eigenvalue weighted by Crippen LogP contribution is 2.37. The van der Waals surface area contributed by atoms with Crippen molar-refractivity contribution in [1.29, 1.82) is 0 Å². The maximum atomic E-state index is 12.2. The second-order valence-electron chi connectivity index (χ2n) is 7.40. The van der Waals surface area contributed by atoms with Crippen LogP contribution in [0.25, 0.3) is 0 Å². The van der Waals surface area contributed by atoms with Crippen molar-refractivity contribution >= 4 is 24.5 Å². The van der Waals surface area contributed by atoms with Crippen molar-refractivity contribution < 1.29 is 26.6 Å². The van der Waals surface area contributed by atoms with Gasteiger partial charge in [-0.25, -0.2) is 8.98 Å². The number of ether oxygens (including phenoxy) is 1. The highest BCUT2D eigenvalue weighted by Gasteiger charge is 2.41. The van der Waals surface area contributed by atoms with Gasteiger partial charge in [-0.15, -0.1) is 0 Å². The van der Waals surface area contributed by atoms with E-state index < -0.39 is 31.0 Å². The Kier molecular flexibility index (Phi) is 6.65. The number of nitrogens with zero attached hydrogens (tertiary/aromatic N) is 1. The third kappa shape index (κ3) is 6.78. The topological polar surface area (TPSA) is 82.1 Å². The first-order valence-corrected chi connectivity index (χ1v) is 12.6. The first-order chi connectivity index (χ1) is 10.3. The van der Waals surface area contributed by atoms with Crippen LogP contribution < -0.4 is 0 Å². The summed E-state index contributed by atoms with van der Waals surface area (Å²) in [4.78, 5) is 13.7. The van der Waals surface area contributed by atoms with E-state index >= 15 is 0 Å². The predicted molar refractivity (Wildman–Crippen MR) is 89.9 cm³/mol. The van der Waals surface area contributed by atoms with E-state index in [2.05, 4.69) is 0 Å². The van der Waals surface area contributed by atoms with Crippen LogP contribution in [0.4, 0.5) is 4.79 Å². The first-order valence-electron chi connectivity index (χ1n) is 7.83. The Bertz CT molecular complexity index is 508. The van der Waals surface area contributed by atoms with E-state index in [-0.39, 0.29) is 5.04 Å². The van der Waals surface area contributed by atoms with Crippen molar-refractivity contribution in [1.82, 2.24) is 4.90 Å². The van der Waals surface area contributed by atoms with E-state index in [4.69, 9.17) is 13.3 Å². The van der Waals surface area contributed by atoms with Gasteiger partial charge in [0.2, 0.25) is 0 Å². The largest absolute Gasteiger partial charge is 0.413 e. The number of likely N-dealkylation sites (tertiary alicyclic amines) is 1. The van der Waals surface area contributed by atoms with Gasteiger partial charge in [0.1, 0.15) is 0 Å². The Hall–Kier alpha value is -0.643. The van der Waals surface area contributed by atoms with Crippen molar-refractivity contribution in [2.75, 3.05) is 19.3 Å². The summed E-state index contributed by atoms with van der Waals surface area (Å²) in [6.45, 7) is 9.53. The second-order valence-corrected chi connectivity index (χ2v) is 13.8. The molecular weight excluding hydrogens is 338 g/mol. The average Bonchev–Trinajstić information content (AvgIpc) is 2.35. The monoisotopic (exact) mass is 367 g/mol. The number of carbonyl (C=O) groups is 1. The summed E-state index contributed by atoms with van der Waals surface area (Å²) >= 11 is 0. The molecule has 1 aliphatic heterocycles. The number of piperidine rings is 1. The molecule has 1 atom stereocenters. The molecular formula is C14H29NO6SSi. The van der Waals surface area contributed by atoms with Gasteiger partial charge in [-0.1, -0.05) is 20.8 Å². The van der Waals surface area contributed by atoms with Gasteiger partial charge in [0, 0.05) is 13.1 Å². The molecule has 0 bridgehead atoms. The SMILES string of the molecule is CC(C)(C)[Si](C)(C)OC(OC(=O)N1CCCCC1)OS(C)(=O)=O. The van der Waals surface area contributed by atoms with Gasteiger partial charge in [0.15, 0.2) is 8.32 Å². The molecule has 9 heteroatoms. The third-order valence-corrected chi connectivity index (χ3v) is 9.16. The van der Waals surface area contributed by atoms with E-state index in [1.165, 1.54) is 0 Å². The highest BCUT2D eigenvalue weighted by atomic mass is 32.2. The smallest absolute Gasteiger partial charge is 0.394 e. The summed E-state index contributed by atoms with van der Waals surface area (Å²) in [6.07, 6.45) is 3.21. The summed E-state index contributed by atoms with van der Waals surface area (Å²) < 4.78 is 38.7. The molecule has 0 aromatic heterocycles. The molecule has 0 aromatic rings. The van der Waals surface area contributed by atoms with Crippen molar-refractivity contribution in [3.8, 4) is 0 Å². The molecule has 1 aliphatic rings. The van der Waals surface area contributed by atoms with Gasteiger partial charge in [-0.2, -0.15) is 8.42 Å². The number of carbonyl (C=O) groups excluding carboxylic acids is 1. The minimum absolute atomic E-state index is 0.177. The van der Waals surface area contributed by atoms with Crippen molar-refractivity contribution in [3.05, 3.63) is 0 Å². The van der Waals surface area contributed by atoms with E-state index in [0.717, 1.165) is 25.5 Å². The molecule has 7 nitrogen and oxygen atoms in total. The molecule has 23 heavy (non-hydrogen) atoms. The van der Waals surface area contributed by atoms with E-state index in [1.54, 1.807) is 4.90 Å². The predicted octanol–water partition coefficient (Wildman–Crippen LogP) is 2.89. The van der Waals surface area contributed by atoms with Crippen LogP contribution in [-0.2, 0) is 23.5 Å². The van der Waals surface area contributed by atoms with Crippen LogP contribution in [0, 0.1) is 0 Å². The minimum atomic E-state index is -3.82. The molecule has 0 radical (unpaired) electrons. The lowest BCUT2D eigenvalue weighted by Crippen LogP contribution is -2.47. The lowest BCUT2D eigenvalue weighted by atomic mass is 10.1. The number of rotatable bonds is 5. The minimum Gasteiger partial charge on any atom is -0.394 e. The number of amides is 1. The molecule has 1 saturated heterocycles. The van der Waals surface area contributed by atoms with E-state index in [9.17, 15) is 13.2 Å². The zero-order valence-electron chi connectivity index (χ0n) is 14.9. The molecule has 1 fully saturated rings. The van der Waals surface area contributed by atoms with Crippen LogP contribution >= 0.6 is 0 Å². The van der Waals surface area contributed by atoms with Crippen molar-refractivity contribution in [2.45, 2.75) is 64.6 Å². The molecule has 0 aromatic carbocycles. The van der Waals surface area contributed by atoms with Gasteiger partial charge in [-0.05, 0) is 37.4 Å². The summed E-state index contributed by atoms with van der Waals surface area (Å²) in [6, 6.07) is 0. The Morgan fingerprint density at radius 3 is 2.09 bits per heavy atom. The number of hydrogen-bond donors (Lipinski definition) is 0. The number of hydrogen-bond acceptors (Lipinski definition) is 6. The van der Waals surface area contributed by atoms with E-state index in [0.29, 0.717) is 13.1 Å². The lowest BCUT2D eigenvalue weighted by Gasteiger charge is -2.38. The lowest BCUT2D eigenvalue weighted by molar-refractivity contribution is -0.171. The fourth-order valence-electron chi connectivity index (χ4n) is 1.86. The Labute approximate surface area is 140 Å². The molecule has 1 heterocycles. The van der Waals surface area contributed by atoms with Gasteiger partial charge in [0.25, 0.3) is 10.1 Å². The summed E-state index contributed by atoms with van der Waals surface area (Å²) in [5.74, 6) is 0. The third-order valence-electron chi connectivity index (χ3n) is 4.26. The first kappa shape index (κ1) is 20.4. The molecule has 1 rings (SSSR count). The molecule has 1 unspecified atom stereocenters. The summed E-state index contributed by atoms with van der Waals surface area (Å²) in [5.41, 5.74) is 0. The molecule has 0 aliphatic carbocycles. The molecule has 136 valence electrons. The quantitative estimate of drug-likeness (QED) is 0.422. The zero-order chi connectivity index (χ0) is 17.9. The Morgan fingerprint density at radius 2 is 1.65 bits per heavy atom. The zero-order valence-corrected chi connectivity index (χ0v) is 16.7. The van der Waals surface area contributed by atoms with Crippen LogP contribution in [0.5, 0.6) is 0 Å². The van der Waals surface area contributed by atoms with Crippen LogP contribution in [-0.4, -0.2) is 53.5 Å². The highest BCUT2D eigenvalue weighted by molar-refractivity contribution is 7.86. The maximum Gasteiger partial charge on any atom is 0.413 e. The van der Waals surface area contributed by atoms with E-state index in [1.807, 2.05) is 33.9 Å². The fraction of sp³-hybridized carbons (Fsp3) is 0.929. The van der Waals surface area contributed by atoms with Crippen molar-refractivity contribution in [3.63, 3.8) is 0 Å². The second kappa shape index (κ2) is 7.50. The van der Waals surface area contributed by atoms with Gasteiger partial charge >= 0.3 is 12.6 Å². The van der Waals surface area contributed by atoms with Gasteiger partial charge in [-0.3, -0.25) is 0 Å². The molecule has 0 saturated carbocycles. The fourth-order valence-corrected chi connectivity index (χ4v) is 3.22. The average molecular weight is 368 g/mol. The Balaban J connectivity index is 2.82. The van der Waals surface area contributed by atoms with Gasteiger partial charge < -0.3 is 14.1 Å². The van der Waals surface area contributed by atoms with Crippen LogP contribution in [0.1, 0.15) is 40.0 Å². The van der Waals surface area contributed by atoms with Crippen LogP contribution in [0.15, 0.2) is 0 Å². The maximum absolute atomic E-state index is 12.2. The van der Waals surface area contributed by atoms with Crippen LogP contribution in [0.2, 0.25) is 18.1 Å². The molecule has 0 spiro atoms. The Morgan fingerprint density at radius 1 is 1.13 bits per heavy atom. The van der Waals surface area contributed by atoms with Crippen LogP contribution in [0.3, 0.4) is 0 Å².